The number of anilines is 1. The zero-order valence-corrected chi connectivity index (χ0v) is 18.4. The summed E-state index contributed by atoms with van der Waals surface area (Å²) in [5.74, 6) is -1.73. The summed E-state index contributed by atoms with van der Waals surface area (Å²) in [6, 6.07) is 16.6. The van der Waals surface area contributed by atoms with Gasteiger partial charge in [-0.2, -0.15) is 0 Å². The van der Waals surface area contributed by atoms with Gasteiger partial charge >= 0.3 is 11.9 Å². The number of carbonyl (C=O) groups is 2. The van der Waals surface area contributed by atoms with Crippen molar-refractivity contribution in [2.45, 2.75) is 39.7 Å². The van der Waals surface area contributed by atoms with Gasteiger partial charge in [-0.3, -0.25) is 4.90 Å². The van der Waals surface area contributed by atoms with E-state index in [1.165, 1.54) is 37.9 Å². The third-order valence-electron chi connectivity index (χ3n) is 5.68. The number of aryl methyl sites for hydroxylation is 1. The third-order valence-corrected chi connectivity index (χ3v) is 5.68. The first-order valence-electron chi connectivity index (χ1n) is 10.9. The summed E-state index contributed by atoms with van der Waals surface area (Å²) in [5.41, 5.74) is 9.80. The highest BCUT2D eigenvalue weighted by atomic mass is 16.5. The maximum Gasteiger partial charge on any atom is 0.328 e. The minimum absolute atomic E-state index is 0. The second kappa shape index (κ2) is 13.2. The van der Waals surface area contributed by atoms with Crippen LogP contribution >= 0.6 is 0 Å². The lowest BCUT2D eigenvalue weighted by Gasteiger charge is -2.31. The van der Waals surface area contributed by atoms with Crippen molar-refractivity contribution in [3.63, 3.8) is 0 Å². The summed E-state index contributed by atoms with van der Waals surface area (Å²) >= 11 is 0. The Hall–Kier alpha value is -3.65. The van der Waals surface area contributed by atoms with Gasteiger partial charge in [0.1, 0.15) is 0 Å². The number of hydrogen-bond donors (Lipinski definition) is 3. The largest absolute Gasteiger partial charge is 0.478 e. The molecule has 8 nitrogen and oxygen atoms in total. The molecular formula is C26H33N3O5. The number of hydrogen-bond acceptors (Lipinski definition) is 6. The van der Waals surface area contributed by atoms with E-state index in [4.69, 9.17) is 20.5 Å². The van der Waals surface area contributed by atoms with E-state index in [1.54, 1.807) is 0 Å². The fourth-order valence-corrected chi connectivity index (χ4v) is 3.94. The Morgan fingerprint density at radius 3 is 2.32 bits per heavy atom. The zero-order chi connectivity index (χ0) is 23.6. The van der Waals surface area contributed by atoms with Crippen LogP contribution in [0.3, 0.4) is 0 Å². The topological polar surface area (TPSA) is 130 Å². The Morgan fingerprint density at radius 1 is 1.06 bits per heavy atom. The van der Waals surface area contributed by atoms with Crippen LogP contribution in [0.15, 0.2) is 65.2 Å². The molecule has 4 N–H and O–H groups in total. The van der Waals surface area contributed by atoms with Crippen LogP contribution in [0.4, 0.5) is 5.69 Å². The van der Waals surface area contributed by atoms with Crippen molar-refractivity contribution in [1.82, 2.24) is 10.1 Å². The predicted molar refractivity (Wildman–Crippen MR) is 132 cm³/mol. The quantitative estimate of drug-likeness (QED) is 0.339. The highest BCUT2D eigenvalue weighted by molar-refractivity contribution is 5.89. The molecular weight excluding hydrogens is 434 g/mol. The second-order valence-electron chi connectivity index (χ2n) is 8.14. The van der Waals surface area contributed by atoms with Crippen LogP contribution in [0.25, 0.3) is 11.0 Å². The first-order chi connectivity index (χ1) is 15.9. The molecule has 0 spiro atoms. The fraction of sp³-hybridized carbons (Fsp3) is 0.346. The Kier molecular flexibility index (Phi) is 10.3. The summed E-state index contributed by atoms with van der Waals surface area (Å²) in [6.07, 6.45) is 5.83. The average molecular weight is 468 g/mol. The van der Waals surface area contributed by atoms with Crippen molar-refractivity contribution in [1.29, 1.82) is 0 Å². The molecule has 0 saturated carbocycles. The summed E-state index contributed by atoms with van der Waals surface area (Å²) in [5, 5.41) is 21.0. The Bertz CT molecular complexity index is 1070. The Morgan fingerprint density at radius 2 is 1.71 bits per heavy atom. The molecule has 1 aliphatic heterocycles. The number of carboxylic acid groups (broad SMARTS) is 2. The van der Waals surface area contributed by atoms with Crippen molar-refractivity contribution in [2.75, 3.05) is 18.8 Å². The van der Waals surface area contributed by atoms with E-state index < -0.39 is 11.9 Å². The van der Waals surface area contributed by atoms with E-state index in [1.807, 2.05) is 18.2 Å². The van der Waals surface area contributed by atoms with Gasteiger partial charge in [-0.15, -0.1) is 0 Å². The third kappa shape index (κ3) is 8.37. The number of rotatable bonds is 7. The zero-order valence-electron chi connectivity index (χ0n) is 18.4. The maximum atomic E-state index is 9.55. The highest BCUT2D eigenvalue weighted by Crippen LogP contribution is 2.26. The molecule has 1 fully saturated rings. The molecule has 0 unspecified atom stereocenters. The van der Waals surface area contributed by atoms with Gasteiger partial charge < -0.3 is 20.5 Å². The molecule has 0 aliphatic carbocycles. The van der Waals surface area contributed by atoms with E-state index in [2.05, 4.69) is 40.4 Å². The van der Waals surface area contributed by atoms with Crippen LogP contribution in [0.2, 0.25) is 0 Å². The van der Waals surface area contributed by atoms with E-state index >= 15 is 0 Å². The molecule has 34 heavy (non-hydrogen) atoms. The molecule has 0 atom stereocenters. The molecule has 0 radical (unpaired) electrons. The first kappa shape index (κ1) is 26.6. The van der Waals surface area contributed by atoms with Gasteiger partial charge in [-0.1, -0.05) is 42.9 Å². The monoisotopic (exact) mass is 467 g/mol. The van der Waals surface area contributed by atoms with Gasteiger partial charge in [-0.25, -0.2) is 9.59 Å². The second-order valence-corrected chi connectivity index (χ2v) is 8.14. The molecule has 1 aliphatic rings. The molecule has 1 aromatic heterocycles. The van der Waals surface area contributed by atoms with Crippen LogP contribution in [-0.2, 0) is 22.6 Å². The van der Waals surface area contributed by atoms with Crippen LogP contribution in [0.5, 0.6) is 0 Å². The van der Waals surface area contributed by atoms with E-state index in [-0.39, 0.29) is 7.43 Å². The van der Waals surface area contributed by atoms with Crippen molar-refractivity contribution >= 4 is 28.6 Å². The minimum atomic E-state index is -1.26. The van der Waals surface area contributed by atoms with Crippen molar-refractivity contribution in [3.05, 3.63) is 71.9 Å². The summed E-state index contributed by atoms with van der Waals surface area (Å²) in [6.45, 7) is 3.45. The van der Waals surface area contributed by atoms with Crippen LogP contribution in [-0.4, -0.2) is 45.3 Å². The van der Waals surface area contributed by atoms with Crippen LogP contribution in [0.1, 0.15) is 37.9 Å². The molecule has 4 rings (SSSR count). The number of aromatic nitrogens is 1. The number of likely N-dealkylation sites (tertiary alicyclic amines) is 1. The van der Waals surface area contributed by atoms with Gasteiger partial charge in [0, 0.05) is 35.8 Å². The van der Waals surface area contributed by atoms with Gasteiger partial charge in [-0.05, 0) is 62.4 Å². The molecule has 8 heteroatoms. The number of piperidine rings is 1. The lowest BCUT2D eigenvalue weighted by atomic mass is 9.91. The predicted octanol–water partition coefficient (Wildman–Crippen LogP) is 4.60. The maximum absolute atomic E-state index is 9.55. The number of fused-ring (bicyclic) bond motifs is 1. The molecule has 0 bridgehead atoms. The molecule has 0 amide bonds. The smallest absolute Gasteiger partial charge is 0.328 e. The number of benzene rings is 2. The number of nitrogen functional groups attached to an aromatic ring is 1. The summed E-state index contributed by atoms with van der Waals surface area (Å²) in [7, 11) is 0. The van der Waals surface area contributed by atoms with Gasteiger partial charge in [0.2, 0.25) is 0 Å². The molecule has 3 aromatic rings. The molecule has 2 heterocycles. The van der Waals surface area contributed by atoms with Crippen molar-refractivity contribution < 1.29 is 24.3 Å². The van der Waals surface area contributed by atoms with Gasteiger partial charge in [0.05, 0.1) is 5.69 Å². The highest BCUT2D eigenvalue weighted by Gasteiger charge is 2.20. The number of aliphatic carboxylic acids is 2. The van der Waals surface area contributed by atoms with Crippen molar-refractivity contribution in [3.8, 4) is 0 Å². The van der Waals surface area contributed by atoms with Crippen molar-refractivity contribution in [2.24, 2.45) is 5.92 Å². The van der Waals surface area contributed by atoms with Crippen LogP contribution in [0, 0.1) is 5.92 Å². The first-order valence-corrected chi connectivity index (χ1v) is 10.9. The molecule has 182 valence electrons. The number of carboxylic acids is 2. The average Bonchev–Trinajstić information content (AvgIpc) is 3.20. The lowest BCUT2D eigenvalue weighted by molar-refractivity contribution is -0.134. The fourth-order valence-electron chi connectivity index (χ4n) is 3.94. The SMILES string of the molecule is C.Nc1ccc2c(CCC3CCN(Cc4ccccc4)CC3)noc2c1.O=C(O)/C=C\C(=O)O. The Balaban J connectivity index is 0.000000394. The van der Waals surface area contributed by atoms with E-state index in [0.717, 1.165) is 41.2 Å². The van der Waals surface area contributed by atoms with Crippen LogP contribution < -0.4 is 5.73 Å². The normalized spacial score (nSPS) is 14.4. The minimum Gasteiger partial charge on any atom is -0.478 e. The number of nitrogens with two attached hydrogens (primary N) is 1. The van der Waals surface area contributed by atoms with E-state index in [0.29, 0.717) is 12.2 Å². The molecule has 1 saturated heterocycles. The van der Waals surface area contributed by atoms with E-state index in [9.17, 15) is 9.59 Å². The summed E-state index contributed by atoms with van der Waals surface area (Å²) < 4.78 is 5.41. The number of nitrogens with zero attached hydrogens (tertiary/aromatic N) is 2. The van der Waals surface area contributed by atoms with Gasteiger partial charge in [0.15, 0.2) is 5.58 Å². The lowest BCUT2D eigenvalue weighted by Crippen LogP contribution is -2.33. The summed E-state index contributed by atoms with van der Waals surface area (Å²) in [4.78, 5) is 21.7. The standard InChI is InChI=1S/C21H25N3O.C4H4O4.CH4/c22-18-7-8-19-20(23-25-21(19)14-18)9-6-16-10-12-24(13-11-16)15-17-4-2-1-3-5-17;5-3(6)1-2-4(7)8;/h1-5,7-8,14,16H,6,9-13,15,22H2;1-2H,(H,5,6)(H,7,8);1H4/b;2-1-;. The van der Waals surface area contributed by atoms with Gasteiger partial charge in [0.25, 0.3) is 0 Å². The molecule has 2 aromatic carbocycles. The Labute approximate surface area is 199 Å².